The number of benzene rings is 1. The topological polar surface area (TPSA) is 29.5 Å². The molecule has 0 radical (unpaired) electrons. The van der Waals surface area contributed by atoms with Gasteiger partial charge in [-0.15, -0.1) is 0 Å². The van der Waals surface area contributed by atoms with Crippen molar-refractivity contribution in [2.45, 2.75) is 13.5 Å². The molecule has 0 aliphatic heterocycles. The second-order valence-corrected chi connectivity index (χ2v) is 3.71. The standard InChI is InChI=1S/C11H13BrO2/c1-2-3-6-14-11-5-4-10(12)7-9(11)8-13/h2-5,7,13H,6,8H2,1H3/b3-2+. The first-order chi connectivity index (χ1) is 6.77. The predicted molar refractivity (Wildman–Crippen MR) is 60.4 cm³/mol. The van der Waals surface area contributed by atoms with Crippen molar-refractivity contribution in [1.29, 1.82) is 0 Å². The summed E-state index contributed by atoms with van der Waals surface area (Å²) in [7, 11) is 0. The summed E-state index contributed by atoms with van der Waals surface area (Å²) in [4.78, 5) is 0. The van der Waals surface area contributed by atoms with Crippen molar-refractivity contribution >= 4 is 15.9 Å². The first-order valence-corrected chi connectivity index (χ1v) is 5.20. The Kier molecular flexibility index (Phi) is 4.70. The minimum Gasteiger partial charge on any atom is -0.489 e. The van der Waals surface area contributed by atoms with E-state index in [1.807, 2.05) is 37.3 Å². The zero-order valence-electron chi connectivity index (χ0n) is 8.03. The molecule has 0 aliphatic carbocycles. The Hall–Kier alpha value is -0.800. The van der Waals surface area contributed by atoms with Gasteiger partial charge in [0.1, 0.15) is 12.4 Å². The number of rotatable bonds is 4. The number of hydrogen-bond acceptors (Lipinski definition) is 2. The Balaban J connectivity index is 2.74. The summed E-state index contributed by atoms with van der Waals surface area (Å²) in [6, 6.07) is 5.59. The molecule has 1 rings (SSSR count). The lowest BCUT2D eigenvalue weighted by Crippen LogP contribution is -1.97. The van der Waals surface area contributed by atoms with Gasteiger partial charge >= 0.3 is 0 Å². The summed E-state index contributed by atoms with van der Waals surface area (Å²) in [6.07, 6.45) is 3.85. The van der Waals surface area contributed by atoms with Crippen LogP contribution in [0.3, 0.4) is 0 Å². The smallest absolute Gasteiger partial charge is 0.125 e. The van der Waals surface area contributed by atoms with E-state index in [4.69, 9.17) is 9.84 Å². The second-order valence-electron chi connectivity index (χ2n) is 2.79. The molecule has 1 N–H and O–H groups in total. The van der Waals surface area contributed by atoms with Gasteiger partial charge < -0.3 is 9.84 Å². The minimum atomic E-state index is -0.00931. The maximum Gasteiger partial charge on any atom is 0.125 e. The highest BCUT2D eigenvalue weighted by molar-refractivity contribution is 9.10. The molecule has 3 heteroatoms. The van der Waals surface area contributed by atoms with Crippen LogP contribution in [-0.4, -0.2) is 11.7 Å². The summed E-state index contributed by atoms with van der Waals surface area (Å²) in [5.74, 6) is 0.730. The van der Waals surface area contributed by atoms with Gasteiger partial charge in [-0.25, -0.2) is 0 Å². The van der Waals surface area contributed by atoms with E-state index in [1.54, 1.807) is 0 Å². The Morgan fingerprint density at radius 3 is 2.93 bits per heavy atom. The molecule has 0 unspecified atom stereocenters. The van der Waals surface area contributed by atoms with Gasteiger partial charge in [0.2, 0.25) is 0 Å². The molecule has 0 aliphatic rings. The van der Waals surface area contributed by atoms with Crippen molar-refractivity contribution in [3.63, 3.8) is 0 Å². The first-order valence-electron chi connectivity index (χ1n) is 4.41. The average Bonchev–Trinajstić information content (AvgIpc) is 2.20. The van der Waals surface area contributed by atoms with Crippen molar-refractivity contribution in [3.05, 3.63) is 40.4 Å². The number of halogens is 1. The lowest BCUT2D eigenvalue weighted by Gasteiger charge is -2.08. The third kappa shape index (κ3) is 3.16. The van der Waals surface area contributed by atoms with Gasteiger partial charge in [0.25, 0.3) is 0 Å². The third-order valence-corrected chi connectivity index (χ3v) is 2.26. The number of ether oxygens (including phenoxy) is 1. The third-order valence-electron chi connectivity index (χ3n) is 1.76. The molecule has 2 nitrogen and oxygen atoms in total. The van der Waals surface area contributed by atoms with Crippen LogP contribution in [0.1, 0.15) is 12.5 Å². The van der Waals surface area contributed by atoms with Gasteiger partial charge in [-0.1, -0.05) is 28.1 Å². The Morgan fingerprint density at radius 1 is 1.50 bits per heavy atom. The fraction of sp³-hybridized carbons (Fsp3) is 0.273. The lowest BCUT2D eigenvalue weighted by atomic mass is 10.2. The van der Waals surface area contributed by atoms with Gasteiger partial charge in [-0.3, -0.25) is 0 Å². The molecule has 0 fully saturated rings. The molecular formula is C11H13BrO2. The van der Waals surface area contributed by atoms with Gasteiger partial charge in [0.15, 0.2) is 0 Å². The van der Waals surface area contributed by atoms with Crippen LogP contribution in [0.25, 0.3) is 0 Å². The van der Waals surface area contributed by atoms with Crippen molar-refractivity contribution < 1.29 is 9.84 Å². The maximum absolute atomic E-state index is 9.08. The van der Waals surface area contributed by atoms with E-state index in [0.717, 1.165) is 15.8 Å². The number of hydrogen-bond donors (Lipinski definition) is 1. The first kappa shape index (κ1) is 11.3. The van der Waals surface area contributed by atoms with Crippen molar-refractivity contribution in [1.82, 2.24) is 0 Å². The van der Waals surface area contributed by atoms with Crippen LogP contribution >= 0.6 is 15.9 Å². The highest BCUT2D eigenvalue weighted by Crippen LogP contribution is 2.23. The summed E-state index contributed by atoms with van der Waals surface area (Å²) in [6.45, 7) is 2.47. The lowest BCUT2D eigenvalue weighted by molar-refractivity contribution is 0.270. The van der Waals surface area contributed by atoms with Crippen LogP contribution < -0.4 is 4.74 Å². The zero-order chi connectivity index (χ0) is 10.4. The molecule has 14 heavy (non-hydrogen) atoms. The molecular weight excluding hydrogens is 244 g/mol. The number of aliphatic hydroxyl groups excluding tert-OH is 1. The second kappa shape index (κ2) is 5.83. The van der Waals surface area contributed by atoms with E-state index in [1.165, 1.54) is 0 Å². The summed E-state index contributed by atoms with van der Waals surface area (Å²) < 4.78 is 6.40. The van der Waals surface area contributed by atoms with E-state index in [0.29, 0.717) is 6.61 Å². The summed E-state index contributed by atoms with van der Waals surface area (Å²) in [5, 5.41) is 9.08. The Morgan fingerprint density at radius 2 is 2.29 bits per heavy atom. The minimum absolute atomic E-state index is 0.00931. The molecule has 1 aromatic rings. The average molecular weight is 257 g/mol. The van der Waals surface area contributed by atoms with E-state index >= 15 is 0 Å². The quantitative estimate of drug-likeness (QED) is 0.840. The zero-order valence-corrected chi connectivity index (χ0v) is 9.62. The molecule has 0 saturated heterocycles. The normalized spacial score (nSPS) is 10.8. The van der Waals surface area contributed by atoms with Gasteiger partial charge in [-0.05, 0) is 25.1 Å². The molecule has 0 spiro atoms. The van der Waals surface area contributed by atoms with E-state index in [2.05, 4.69) is 15.9 Å². The Bertz CT molecular complexity index is 321. The molecule has 0 amide bonds. The van der Waals surface area contributed by atoms with Crippen LogP contribution in [0.4, 0.5) is 0 Å². The monoisotopic (exact) mass is 256 g/mol. The van der Waals surface area contributed by atoms with Crippen LogP contribution in [0.5, 0.6) is 5.75 Å². The van der Waals surface area contributed by atoms with Crippen molar-refractivity contribution in [2.75, 3.05) is 6.61 Å². The number of allylic oxidation sites excluding steroid dienone is 1. The van der Waals surface area contributed by atoms with E-state index in [-0.39, 0.29) is 6.61 Å². The molecule has 0 saturated carbocycles. The molecule has 76 valence electrons. The van der Waals surface area contributed by atoms with Crippen LogP contribution in [0.2, 0.25) is 0 Å². The molecule has 1 aromatic carbocycles. The highest BCUT2D eigenvalue weighted by Gasteiger charge is 2.02. The summed E-state index contributed by atoms with van der Waals surface area (Å²) in [5.41, 5.74) is 0.795. The van der Waals surface area contributed by atoms with E-state index in [9.17, 15) is 0 Å². The van der Waals surface area contributed by atoms with Gasteiger partial charge in [-0.2, -0.15) is 0 Å². The van der Waals surface area contributed by atoms with Gasteiger partial charge in [0, 0.05) is 10.0 Å². The molecule has 0 heterocycles. The van der Waals surface area contributed by atoms with Gasteiger partial charge in [0.05, 0.1) is 6.61 Å². The molecule has 0 aromatic heterocycles. The molecule has 0 atom stereocenters. The predicted octanol–water partition coefficient (Wildman–Crippen LogP) is 2.90. The van der Waals surface area contributed by atoms with Crippen molar-refractivity contribution in [3.8, 4) is 5.75 Å². The van der Waals surface area contributed by atoms with Crippen LogP contribution in [0, 0.1) is 0 Å². The molecule has 0 bridgehead atoms. The fourth-order valence-corrected chi connectivity index (χ4v) is 1.46. The van der Waals surface area contributed by atoms with E-state index < -0.39 is 0 Å². The fourth-order valence-electron chi connectivity index (χ4n) is 1.05. The van der Waals surface area contributed by atoms with Crippen LogP contribution in [-0.2, 0) is 6.61 Å². The van der Waals surface area contributed by atoms with Crippen LogP contribution in [0.15, 0.2) is 34.8 Å². The summed E-state index contributed by atoms with van der Waals surface area (Å²) >= 11 is 3.34. The van der Waals surface area contributed by atoms with Crippen molar-refractivity contribution in [2.24, 2.45) is 0 Å². The maximum atomic E-state index is 9.08. The Labute approximate surface area is 92.3 Å². The SMILES string of the molecule is C/C=C/COc1ccc(Br)cc1CO. The largest absolute Gasteiger partial charge is 0.489 e. The number of aliphatic hydroxyl groups is 1. The highest BCUT2D eigenvalue weighted by atomic mass is 79.9.